The van der Waals surface area contributed by atoms with Gasteiger partial charge in [0.2, 0.25) is 0 Å². The Hall–Kier alpha value is -1.84. The minimum absolute atomic E-state index is 0.00315. The van der Waals surface area contributed by atoms with Crippen LogP contribution in [0.15, 0.2) is 24.3 Å². The van der Waals surface area contributed by atoms with E-state index in [1.807, 2.05) is 20.8 Å². The second-order valence-corrected chi connectivity index (χ2v) is 5.43. The Balaban J connectivity index is 2.10. The van der Waals surface area contributed by atoms with Crippen molar-refractivity contribution < 1.29 is 19.1 Å². The molecule has 2 heterocycles. The molecule has 0 N–H and O–H groups in total. The number of benzene rings is 1. The zero-order valence-electron chi connectivity index (χ0n) is 11.2. The van der Waals surface area contributed by atoms with Gasteiger partial charge < -0.3 is 9.47 Å². The number of carbonyl (C=O) groups excluding carboxylic acids is 2. The maximum absolute atomic E-state index is 12.1. The second kappa shape index (κ2) is 3.59. The Morgan fingerprint density at radius 1 is 1.05 bits per heavy atom. The lowest BCUT2D eigenvalue weighted by Crippen LogP contribution is -2.33. The number of hydrogen-bond donors (Lipinski definition) is 0. The molecule has 4 nitrogen and oxygen atoms in total. The molecule has 100 valence electrons. The molecular weight excluding hydrogens is 244 g/mol. The van der Waals surface area contributed by atoms with E-state index in [9.17, 15) is 9.59 Å². The summed E-state index contributed by atoms with van der Waals surface area (Å²) in [6.07, 6.45) is 0.625. The predicted octanol–water partition coefficient (Wildman–Crippen LogP) is 2.57. The van der Waals surface area contributed by atoms with Gasteiger partial charge in [-0.25, -0.2) is 9.59 Å². The molecule has 3 aliphatic rings. The minimum atomic E-state index is -0.735. The molecule has 1 saturated carbocycles. The van der Waals surface area contributed by atoms with E-state index in [1.54, 1.807) is 24.3 Å². The first kappa shape index (κ1) is 12.2. The lowest BCUT2D eigenvalue weighted by molar-refractivity contribution is -0.0315. The smallest absolute Gasteiger partial charge is 0.338 e. The van der Waals surface area contributed by atoms with Crippen molar-refractivity contribution in [3.8, 4) is 0 Å². The molecule has 1 aromatic rings. The molecule has 0 saturated heterocycles. The minimum Gasteiger partial charge on any atom is -0.451 e. The van der Waals surface area contributed by atoms with Crippen LogP contribution in [0.1, 0.15) is 47.9 Å². The molecule has 1 fully saturated rings. The van der Waals surface area contributed by atoms with Crippen molar-refractivity contribution in [2.75, 3.05) is 0 Å². The van der Waals surface area contributed by atoms with Crippen LogP contribution in [0.2, 0.25) is 0 Å². The van der Waals surface area contributed by atoms with Gasteiger partial charge in [-0.3, -0.25) is 0 Å². The summed E-state index contributed by atoms with van der Waals surface area (Å²) in [5.41, 5.74) is -0.510. The lowest BCUT2D eigenvalue weighted by Gasteiger charge is -2.23. The highest BCUT2D eigenvalue weighted by Crippen LogP contribution is 2.61. The van der Waals surface area contributed by atoms with Crippen molar-refractivity contribution in [3.63, 3.8) is 0 Å². The highest BCUT2D eigenvalue weighted by Gasteiger charge is 2.77. The van der Waals surface area contributed by atoms with Gasteiger partial charge in [-0.2, -0.15) is 0 Å². The highest BCUT2D eigenvalue weighted by molar-refractivity contribution is 5.94. The van der Waals surface area contributed by atoms with Crippen LogP contribution in [0.5, 0.6) is 0 Å². The summed E-state index contributed by atoms with van der Waals surface area (Å²) in [6, 6.07) is 6.37. The van der Waals surface area contributed by atoms with Gasteiger partial charge in [0, 0.05) is 5.92 Å². The molecule has 4 heteroatoms. The Labute approximate surface area is 111 Å². The van der Waals surface area contributed by atoms with E-state index in [0.29, 0.717) is 17.5 Å². The molecule has 0 spiro atoms. The molecular formula is C15H16O4. The van der Waals surface area contributed by atoms with Crippen molar-refractivity contribution in [2.45, 2.75) is 38.4 Å². The van der Waals surface area contributed by atoms with E-state index in [-0.39, 0.29) is 17.9 Å². The van der Waals surface area contributed by atoms with Gasteiger partial charge in [0.25, 0.3) is 0 Å². The molecule has 2 aliphatic heterocycles. The van der Waals surface area contributed by atoms with Crippen LogP contribution in [-0.2, 0) is 9.47 Å². The summed E-state index contributed by atoms with van der Waals surface area (Å²) < 4.78 is 11.3. The Morgan fingerprint density at radius 2 is 1.53 bits per heavy atom. The zero-order chi connectivity index (χ0) is 13.8. The third-order valence-electron chi connectivity index (χ3n) is 4.74. The highest BCUT2D eigenvalue weighted by atomic mass is 16.6. The van der Waals surface area contributed by atoms with Gasteiger partial charge in [0.05, 0.1) is 11.1 Å². The summed E-state index contributed by atoms with van der Waals surface area (Å²) in [5, 5.41) is 0. The van der Waals surface area contributed by atoms with Crippen molar-refractivity contribution in [1.82, 2.24) is 0 Å². The molecule has 3 atom stereocenters. The normalized spacial score (nSPS) is 36.3. The van der Waals surface area contributed by atoms with E-state index in [2.05, 4.69) is 0 Å². The van der Waals surface area contributed by atoms with Crippen molar-refractivity contribution in [1.29, 1.82) is 0 Å². The molecule has 2 bridgehead atoms. The number of carbonyl (C=O) groups is 2. The number of rotatable bonds is 1. The summed E-state index contributed by atoms with van der Waals surface area (Å²) in [5.74, 6) is -0.729. The van der Waals surface area contributed by atoms with Crippen LogP contribution in [0, 0.1) is 5.92 Å². The molecule has 4 rings (SSSR count). The number of fused-ring (bicyclic) bond motifs is 4. The molecule has 1 aliphatic carbocycles. The largest absolute Gasteiger partial charge is 0.451 e. The average molecular weight is 260 g/mol. The van der Waals surface area contributed by atoms with Crippen LogP contribution in [0.3, 0.4) is 0 Å². The van der Waals surface area contributed by atoms with Crippen LogP contribution < -0.4 is 0 Å². The Bertz CT molecular complexity index is 562. The van der Waals surface area contributed by atoms with E-state index < -0.39 is 11.2 Å². The van der Waals surface area contributed by atoms with Gasteiger partial charge in [0.15, 0.2) is 11.2 Å². The van der Waals surface area contributed by atoms with E-state index in [0.717, 1.165) is 0 Å². The van der Waals surface area contributed by atoms with Gasteiger partial charge in [-0.15, -0.1) is 0 Å². The first-order valence-corrected chi connectivity index (χ1v) is 6.51. The predicted molar refractivity (Wildman–Crippen MR) is 67.9 cm³/mol. The first-order chi connectivity index (χ1) is 8.94. The topological polar surface area (TPSA) is 52.6 Å². The molecule has 19 heavy (non-hydrogen) atoms. The fourth-order valence-corrected chi connectivity index (χ4v) is 3.17. The molecule has 0 radical (unpaired) electrons. The monoisotopic (exact) mass is 260 g/mol. The maximum Gasteiger partial charge on any atom is 0.338 e. The van der Waals surface area contributed by atoms with Crippen LogP contribution in [-0.4, -0.2) is 23.1 Å². The quantitative estimate of drug-likeness (QED) is 0.728. The molecule has 1 aromatic carbocycles. The van der Waals surface area contributed by atoms with Gasteiger partial charge in [-0.05, 0) is 37.6 Å². The van der Waals surface area contributed by atoms with E-state index in [4.69, 9.17) is 9.47 Å². The third kappa shape index (κ3) is 1.40. The zero-order valence-corrected chi connectivity index (χ0v) is 11.2. The van der Waals surface area contributed by atoms with Crippen molar-refractivity contribution in [2.24, 2.45) is 5.92 Å². The third-order valence-corrected chi connectivity index (χ3v) is 4.74. The SMILES string of the molecule is CCC12OC(=O)c3ccc(cc3)C(=O)OC1(C)C2C. The van der Waals surface area contributed by atoms with E-state index in [1.165, 1.54) is 0 Å². The van der Waals surface area contributed by atoms with Gasteiger partial charge in [0.1, 0.15) is 0 Å². The number of hydrogen-bond acceptors (Lipinski definition) is 4. The first-order valence-electron chi connectivity index (χ1n) is 6.51. The van der Waals surface area contributed by atoms with E-state index >= 15 is 0 Å². The molecule has 0 aromatic heterocycles. The fraction of sp³-hybridized carbons (Fsp3) is 0.467. The molecule has 0 amide bonds. The second-order valence-electron chi connectivity index (χ2n) is 5.43. The lowest BCUT2D eigenvalue weighted by atomic mass is 10.1. The summed E-state index contributed by atoms with van der Waals surface area (Å²) in [4.78, 5) is 24.3. The number of esters is 2. The summed E-state index contributed by atoms with van der Waals surface area (Å²) in [7, 11) is 0. The average Bonchev–Trinajstić information content (AvgIpc) is 2.86. The van der Waals surface area contributed by atoms with Gasteiger partial charge in [-0.1, -0.05) is 13.8 Å². The number of ether oxygens (including phenoxy) is 2. The van der Waals surface area contributed by atoms with Crippen molar-refractivity contribution >= 4 is 11.9 Å². The Morgan fingerprint density at radius 3 is 2.00 bits per heavy atom. The van der Waals surface area contributed by atoms with Gasteiger partial charge >= 0.3 is 11.9 Å². The standard InChI is InChI=1S/C15H16O4/c1-4-15-9(2)14(15,3)18-12(16)10-5-7-11(8-6-10)13(17)19-15/h5-9H,4H2,1-3H3. The van der Waals surface area contributed by atoms with Crippen molar-refractivity contribution in [3.05, 3.63) is 35.4 Å². The fourth-order valence-electron chi connectivity index (χ4n) is 3.17. The Kier molecular flexibility index (Phi) is 2.31. The van der Waals surface area contributed by atoms with Crippen LogP contribution in [0.4, 0.5) is 0 Å². The van der Waals surface area contributed by atoms with Crippen LogP contribution in [0.25, 0.3) is 0 Å². The molecule has 3 unspecified atom stereocenters. The summed E-state index contributed by atoms with van der Waals surface area (Å²) in [6.45, 7) is 5.72. The maximum atomic E-state index is 12.1. The van der Waals surface area contributed by atoms with Crippen LogP contribution >= 0.6 is 0 Å². The summed E-state index contributed by atoms with van der Waals surface area (Å²) >= 11 is 0.